The molecule has 3 rings (SSSR count). The summed E-state index contributed by atoms with van der Waals surface area (Å²) >= 11 is 0. The molecule has 0 unspecified atom stereocenters. The molecule has 2 aromatic heterocycles. The number of imidazole rings is 1. The standard InChI is InChI=1S/C14H11N3O2/c1-17-8-15-11-6-5-9(7-13(11)17)10-3-2-4-12(16-10)14(18)19/h2-8H,1H3,(H,18,19). The van der Waals surface area contributed by atoms with Gasteiger partial charge in [-0.05, 0) is 24.3 Å². The molecule has 94 valence electrons. The predicted molar refractivity (Wildman–Crippen MR) is 70.9 cm³/mol. The van der Waals surface area contributed by atoms with Gasteiger partial charge < -0.3 is 9.67 Å². The predicted octanol–water partition coefficient (Wildman–Crippen LogP) is 2.33. The van der Waals surface area contributed by atoms with E-state index in [4.69, 9.17) is 5.11 Å². The number of aromatic nitrogens is 3. The minimum Gasteiger partial charge on any atom is -0.477 e. The second-order valence-corrected chi connectivity index (χ2v) is 4.27. The molecular weight excluding hydrogens is 242 g/mol. The molecule has 19 heavy (non-hydrogen) atoms. The molecule has 0 fully saturated rings. The summed E-state index contributed by atoms with van der Waals surface area (Å²) in [4.78, 5) is 19.3. The summed E-state index contributed by atoms with van der Waals surface area (Å²) in [6.07, 6.45) is 1.75. The van der Waals surface area contributed by atoms with Crippen LogP contribution in [0.3, 0.4) is 0 Å². The second-order valence-electron chi connectivity index (χ2n) is 4.27. The Morgan fingerprint density at radius 1 is 1.26 bits per heavy atom. The smallest absolute Gasteiger partial charge is 0.354 e. The van der Waals surface area contributed by atoms with E-state index >= 15 is 0 Å². The van der Waals surface area contributed by atoms with Crippen LogP contribution in [0.2, 0.25) is 0 Å². The molecule has 0 spiro atoms. The summed E-state index contributed by atoms with van der Waals surface area (Å²) in [6.45, 7) is 0. The highest BCUT2D eigenvalue weighted by Gasteiger charge is 2.08. The molecule has 0 saturated heterocycles. The zero-order valence-corrected chi connectivity index (χ0v) is 10.2. The molecule has 0 aliphatic heterocycles. The SMILES string of the molecule is Cn1cnc2ccc(-c3cccc(C(=O)O)n3)cc21. The van der Waals surface area contributed by atoms with Crippen molar-refractivity contribution in [2.45, 2.75) is 0 Å². The normalized spacial score (nSPS) is 10.8. The summed E-state index contributed by atoms with van der Waals surface area (Å²) in [5, 5.41) is 8.96. The number of aromatic carboxylic acids is 1. The summed E-state index contributed by atoms with van der Waals surface area (Å²) in [7, 11) is 1.92. The van der Waals surface area contributed by atoms with Crippen molar-refractivity contribution in [1.82, 2.24) is 14.5 Å². The van der Waals surface area contributed by atoms with Gasteiger partial charge in [0.2, 0.25) is 0 Å². The topological polar surface area (TPSA) is 68.0 Å². The van der Waals surface area contributed by atoms with Crippen LogP contribution in [0.1, 0.15) is 10.5 Å². The highest BCUT2D eigenvalue weighted by Crippen LogP contribution is 2.22. The molecule has 0 bridgehead atoms. The van der Waals surface area contributed by atoms with Crippen LogP contribution in [0.15, 0.2) is 42.7 Å². The minimum absolute atomic E-state index is 0.0441. The van der Waals surface area contributed by atoms with Crippen LogP contribution < -0.4 is 0 Å². The molecule has 0 atom stereocenters. The van der Waals surface area contributed by atoms with Crippen molar-refractivity contribution in [3.63, 3.8) is 0 Å². The number of carbonyl (C=O) groups is 1. The van der Waals surface area contributed by atoms with Gasteiger partial charge in [-0.1, -0.05) is 12.1 Å². The molecule has 0 aliphatic rings. The number of carboxylic acid groups (broad SMARTS) is 1. The molecule has 5 nitrogen and oxygen atoms in total. The number of rotatable bonds is 2. The lowest BCUT2D eigenvalue weighted by Crippen LogP contribution is -2.00. The lowest BCUT2D eigenvalue weighted by molar-refractivity contribution is 0.0690. The van der Waals surface area contributed by atoms with Gasteiger partial charge in [0, 0.05) is 12.6 Å². The van der Waals surface area contributed by atoms with Gasteiger partial charge in [0.1, 0.15) is 5.69 Å². The Labute approximate surface area is 109 Å². The first-order valence-corrected chi connectivity index (χ1v) is 5.77. The minimum atomic E-state index is -1.02. The zero-order valence-electron chi connectivity index (χ0n) is 10.2. The Balaban J connectivity index is 2.15. The van der Waals surface area contributed by atoms with Crippen molar-refractivity contribution in [2.75, 3.05) is 0 Å². The van der Waals surface area contributed by atoms with Crippen molar-refractivity contribution >= 4 is 17.0 Å². The molecule has 2 heterocycles. The van der Waals surface area contributed by atoms with E-state index in [9.17, 15) is 4.79 Å². The first kappa shape index (κ1) is 11.4. The van der Waals surface area contributed by atoms with Crippen LogP contribution in [0.5, 0.6) is 0 Å². The Bertz CT molecular complexity index is 777. The maximum Gasteiger partial charge on any atom is 0.354 e. The largest absolute Gasteiger partial charge is 0.477 e. The lowest BCUT2D eigenvalue weighted by Gasteiger charge is -2.03. The van der Waals surface area contributed by atoms with E-state index in [1.807, 2.05) is 29.8 Å². The fourth-order valence-electron chi connectivity index (χ4n) is 2.00. The van der Waals surface area contributed by atoms with E-state index in [1.54, 1.807) is 18.5 Å². The Morgan fingerprint density at radius 2 is 2.11 bits per heavy atom. The Hall–Kier alpha value is -2.69. The van der Waals surface area contributed by atoms with Gasteiger partial charge in [-0.3, -0.25) is 0 Å². The number of aryl methyl sites for hydroxylation is 1. The van der Waals surface area contributed by atoms with E-state index in [-0.39, 0.29) is 5.69 Å². The van der Waals surface area contributed by atoms with Gasteiger partial charge in [-0.2, -0.15) is 0 Å². The summed E-state index contributed by atoms with van der Waals surface area (Å²) in [6, 6.07) is 10.7. The molecule has 0 amide bonds. The van der Waals surface area contributed by atoms with Crippen molar-refractivity contribution in [3.8, 4) is 11.3 Å². The van der Waals surface area contributed by atoms with Crippen LogP contribution in [0, 0.1) is 0 Å². The van der Waals surface area contributed by atoms with Gasteiger partial charge in [0.25, 0.3) is 0 Å². The average molecular weight is 253 g/mol. The highest BCUT2D eigenvalue weighted by molar-refractivity contribution is 5.87. The van der Waals surface area contributed by atoms with Crippen molar-refractivity contribution in [2.24, 2.45) is 7.05 Å². The third-order valence-corrected chi connectivity index (χ3v) is 2.99. The van der Waals surface area contributed by atoms with Gasteiger partial charge in [0.05, 0.1) is 23.1 Å². The highest BCUT2D eigenvalue weighted by atomic mass is 16.4. The molecule has 0 aliphatic carbocycles. The fraction of sp³-hybridized carbons (Fsp3) is 0.0714. The van der Waals surface area contributed by atoms with E-state index < -0.39 is 5.97 Å². The van der Waals surface area contributed by atoms with E-state index in [0.29, 0.717) is 5.69 Å². The summed E-state index contributed by atoms with van der Waals surface area (Å²) < 4.78 is 1.92. The number of carboxylic acids is 1. The van der Waals surface area contributed by atoms with Crippen LogP contribution >= 0.6 is 0 Å². The molecule has 1 N–H and O–H groups in total. The average Bonchev–Trinajstić information content (AvgIpc) is 2.80. The summed E-state index contributed by atoms with van der Waals surface area (Å²) in [5.41, 5.74) is 3.45. The summed E-state index contributed by atoms with van der Waals surface area (Å²) in [5.74, 6) is -1.02. The number of pyridine rings is 1. The van der Waals surface area contributed by atoms with Gasteiger partial charge in [-0.25, -0.2) is 14.8 Å². The van der Waals surface area contributed by atoms with Gasteiger partial charge in [-0.15, -0.1) is 0 Å². The van der Waals surface area contributed by atoms with Crippen molar-refractivity contribution in [1.29, 1.82) is 0 Å². The molecular formula is C14H11N3O2. The molecule has 5 heteroatoms. The molecule has 3 aromatic rings. The Morgan fingerprint density at radius 3 is 2.89 bits per heavy atom. The third kappa shape index (κ3) is 1.95. The zero-order chi connectivity index (χ0) is 13.4. The third-order valence-electron chi connectivity index (χ3n) is 2.99. The maximum absolute atomic E-state index is 10.9. The van der Waals surface area contributed by atoms with Gasteiger partial charge in [0.15, 0.2) is 0 Å². The Kier molecular flexibility index (Phi) is 2.52. The van der Waals surface area contributed by atoms with Crippen LogP contribution in [0.25, 0.3) is 22.3 Å². The second kappa shape index (κ2) is 4.20. The number of hydrogen-bond acceptors (Lipinski definition) is 3. The van der Waals surface area contributed by atoms with E-state index in [1.165, 1.54) is 6.07 Å². The molecule has 0 radical (unpaired) electrons. The van der Waals surface area contributed by atoms with Gasteiger partial charge >= 0.3 is 5.97 Å². The molecule has 1 aromatic carbocycles. The first-order chi connectivity index (χ1) is 9.15. The van der Waals surface area contributed by atoms with Crippen LogP contribution in [0.4, 0.5) is 0 Å². The quantitative estimate of drug-likeness (QED) is 0.761. The number of benzene rings is 1. The number of fused-ring (bicyclic) bond motifs is 1. The van der Waals surface area contributed by atoms with E-state index in [0.717, 1.165) is 16.6 Å². The monoisotopic (exact) mass is 253 g/mol. The van der Waals surface area contributed by atoms with E-state index in [2.05, 4.69) is 9.97 Å². The molecule has 0 saturated carbocycles. The fourth-order valence-corrected chi connectivity index (χ4v) is 2.00. The lowest BCUT2D eigenvalue weighted by atomic mass is 10.1. The first-order valence-electron chi connectivity index (χ1n) is 5.77. The van der Waals surface area contributed by atoms with Crippen LogP contribution in [-0.4, -0.2) is 25.6 Å². The van der Waals surface area contributed by atoms with Crippen molar-refractivity contribution < 1.29 is 9.90 Å². The van der Waals surface area contributed by atoms with Crippen LogP contribution in [-0.2, 0) is 7.05 Å². The number of hydrogen-bond donors (Lipinski definition) is 1. The van der Waals surface area contributed by atoms with Crippen molar-refractivity contribution in [3.05, 3.63) is 48.4 Å². The number of nitrogens with zero attached hydrogens (tertiary/aromatic N) is 3. The maximum atomic E-state index is 10.9.